The van der Waals surface area contributed by atoms with E-state index in [1.807, 2.05) is 90.8 Å². The fraction of sp³-hybridized carbons (Fsp3) is 0.240. The molecule has 3 aromatic rings. The van der Waals surface area contributed by atoms with Crippen molar-refractivity contribution in [2.24, 2.45) is 0 Å². The minimum atomic E-state index is -0.195. The van der Waals surface area contributed by atoms with Crippen LogP contribution in [-0.2, 0) is 11.3 Å². The maximum Gasteiger partial charge on any atom is 0.234 e. The molecule has 0 spiro atoms. The Labute approximate surface area is 178 Å². The Balaban J connectivity index is 1.70. The first kappa shape index (κ1) is 21.4. The van der Waals surface area contributed by atoms with Crippen molar-refractivity contribution in [1.29, 1.82) is 0 Å². The zero-order chi connectivity index (χ0) is 21.3. The minimum Gasteiger partial charge on any atom is -0.493 e. The summed E-state index contributed by atoms with van der Waals surface area (Å²) in [6.45, 7) is 0.825. The number of amides is 1. The molecule has 3 aromatic carbocycles. The third-order valence-corrected chi connectivity index (χ3v) is 4.91. The van der Waals surface area contributed by atoms with Crippen LogP contribution in [0, 0.1) is 0 Å². The standard InChI is InChI=1S/C25H28N2O3/c1-27(17-21-15-10-16-22(29-2)25(21)30-3)18-23(28)26-24(19-11-6-4-7-12-19)20-13-8-5-9-14-20/h4-16,24H,17-18H2,1-3H3,(H,26,28). The number of hydrogen-bond acceptors (Lipinski definition) is 4. The number of nitrogens with zero attached hydrogens (tertiary/aromatic N) is 1. The molecule has 0 aliphatic rings. The molecule has 0 atom stereocenters. The van der Waals surface area contributed by atoms with Crippen molar-refractivity contribution in [3.8, 4) is 11.5 Å². The summed E-state index contributed by atoms with van der Waals surface area (Å²) in [5.74, 6) is 1.33. The molecule has 0 aromatic heterocycles. The number of hydrogen-bond donors (Lipinski definition) is 1. The van der Waals surface area contributed by atoms with E-state index in [2.05, 4.69) is 5.32 Å². The number of rotatable bonds is 9. The summed E-state index contributed by atoms with van der Waals surface area (Å²) in [7, 11) is 5.16. The van der Waals surface area contributed by atoms with Crippen LogP contribution in [0.5, 0.6) is 11.5 Å². The molecule has 0 aliphatic heterocycles. The fourth-order valence-corrected chi connectivity index (χ4v) is 3.53. The average Bonchev–Trinajstić information content (AvgIpc) is 2.78. The van der Waals surface area contributed by atoms with E-state index in [4.69, 9.17) is 9.47 Å². The van der Waals surface area contributed by atoms with Gasteiger partial charge in [-0.15, -0.1) is 0 Å². The van der Waals surface area contributed by atoms with E-state index in [0.717, 1.165) is 16.7 Å². The number of carbonyl (C=O) groups is 1. The lowest BCUT2D eigenvalue weighted by atomic mass is 9.99. The molecule has 0 saturated heterocycles. The van der Waals surface area contributed by atoms with Gasteiger partial charge in [0.25, 0.3) is 0 Å². The van der Waals surface area contributed by atoms with E-state index < -0.39 is 0 Å². The minimum absolute atomic E-state index is 0.0444. The molecular formula is C25H28N2O3. The van der Waals surface area contributed by atoms with Crippen LogP contribution in [0.15, 0.2) is 78.9 Å². The molecule has 0 unspecified atom stereocenters. The van der Waals surface area contributed by atoms with E-state index in [1.165, 1.54) is 0 Å². The van der Waals surface area contributed by atoms with Crippen molar-refractivity contribution in [1.82, 2.24) is 10.2 Å². The summed E-state index contributed by atoms with van der Waals surface area (Å²) in [5, 5.41) is 3.18. The maximum atomic E-state index is 12.9. The first-order valence-electron chi connectivity index (χ1n) is 9.90. The van der Waals surface area contributed by atoms with Crippen LogP contribution >= 0.6 is 0 Å². The molecule has 0 aliphatic carbocycles. The van der Waals surface area contributed by atoms with Crippen molar-refractivity contribution in [3.05, 3.63) is 95.6 Å². The maximum absolute atomic E-state index is 12.9. The smallest absolute Gasteiger partial charge is 0.234 e. The van der Waals surface area contributed by atoms with E-state index in [-0.39, 0.29) is 18.5 Å². The number of carbonyl (C=O) groups excluding carboxylic acids is 1. The molecule has 0 saturated carbocycles. The van der Waals surface area contributed by atoms with Crippen molar-refractivity contribution >= 4 is 5.91 Å². The normalized spacial score (nSPS) is 10.8. The highest BCUT2D eigenvalue weighted by molar-refractivity contribution is 5.79. The summed E-state index contributed by atoms with van der Waals surface area (Å²) < 4.78 is 10.9. The molecule has 3 rings (SSSR count). The Bertz CT molecular complexity index is 906. The number of ether oxygens (including phenoxy) is 2. The molecule has 0 radical (unpaired) electrons. The Morgan fingerprint density at radius 2 is 1.47 bits per heavy atom. The largest absolute Gasteiger partial charge is 0.493 e. The highest BCUT2D eigenvalue weighted by Gasteiger charge is 2.18. The van der Waals surface area contributed by atoms with Gasteiger partial charge in [-0.3, -0.25) is 9.69 Å². The van der Waals surface area contributed by atoms with Crippen LogP contribution < -0.4 is 14.8 Å². The average molecular weight is 405 g/mol. The number of benzene rings is 3. The summed E-state index contributed by atoms with van der Waals surface area (Å²) in [6.07, 6.45) is 0. The fourth-order valence-electron chi connectivity index (χ4n) is 3.53. The van der Waals surface area contributed by atoms with E-state index in [0.29, 0.717) is 18.0 Å². The molecule has 0 bridgehead atoms. The second-order valence-corrected chi connectivity index (χ2v) is 7.15. The van der Waals surface area contributed by atoms with Crippen LogP contribution in [0.25, 0.3) is 0 Å². The van der Waals surface area contributed by atoms with Crippen molar-refractivity contribution in [3.63, 3.8) is 0 Å². The number of nitrogens with one attached hydrogen (secondary N) is 1. The Morgan fingerprint density at radius 3 is 2.00 bits per heavy atom. The first-order valence-corrected chi connectivity index (χ1v) is 9.90. The summed E-state index contributed by atoms with van der Waals surface area (Å²) >= 11 is 0. The van der Waals surface area contributed by atoms with Crippen molar-refractivity contribution in [2.45, 2.75) is 12.6 Å². The molecule has 30 heavy (non-hydrogen) atoms. The third kappa shape index (κ3) is 5.39. The van der Waals surface area contributed by atoms with Gasteiger partial charge in [0.1, 0.15) is 0 Å². The zero-order valence-electron chi connectivity index (χ0n) is 17.7. The summed E-state index contributed by atoms with van der Waals surface area (Å²) in [5.41, 5.74) is 3.07. The molecule has 0 fully saturated rings. The van der Waals surface area contributed by atoms with Crippen LogP contribution in [0.1, 0.15) is 22.7 Å². The highest BCUT2D eigenvalue weighted by Crippen LogP contribution is 2.31. The molecule has 0 heterocycles. The van der Waals surface area contributed by atoms with Gasteiger partial charge in [0, 0.05) is 12.1 Å². The van der Waals surface area contributed by atoms with E-state index in [1.54, 1.807) is 14.2 Å². The van der Waals surface area contributed by atoms with Gasteiger partial charge in [-0.05, 0) is 24.2 Å². The predicted octanol–water partition coefficient (Wildman–Crippen LogP) is 4.04. The second kappa shape index (κ2) is 10.5. The summed E-state index contributed by atoms with van der Waals surface area (Å²) in [4.78, 5) is 14.8. The van der Waals surface area contributed by atoms with Gasteiger partial charge in [-0.25, -0.2) is 0 Å². The van der Waals surface area contributed by atoms with Crippen LogP contribution in [0.2, 0.25) is 0 Å². The van der Waals surface area contributed by atoms with Gasteiger partial charge in [0.2, 0.25) is 5.91 Å². The molecular weight excluding hydrogens is 376 g/mol. The van der Waals surface area contributed by atoms with Crippen LogP contribution in [-0.4, -0.2) is 38.6 Å². The number of para-hydroxylation sites is 1. The zero-order valence-corrected chi connectivity index (χ0v) is 17.7. The third-order valence-electron chi connectivity index (χ3n) is 4.91. The lowest BCUT2D eigenvalue weighted by molar-refractivity contribution is -0.122. The second-order valence-electron chi connectivity index (χ2n) is 7.15. The molecule has 5 nitrogen and oxygen atoms in total. The SMILES string of the molecule is COc1cccc(CN(C)CC(=O)NC(c2ccccc2)c2ccccc2)c1OC. The molecule has 156 valence electrons. The molecule has 5 heteroatoms. The molecule has 1 amide bonds. The van der Waals surface area contributed by atoms with Gasteiger partial charge in [0.15, 0.2) is 11.5 Å². The van der Waals surface area contributed by atoms with Gasteiger partial charge >= 0.3 is 0 Å². The van der Waals surface area contributed by atoms with E-state index in [9.17, 15) is 4.79 Å². The topological polar surface area (TPSA) is 50.8 Å². The monoisotopic (exact) mass is 404 g/mol. The quantitative estimate of drug-likeness (QED) is 0.585. The Morgan fingerprint density at radius 1 is 0.867 bits per heavy atom. The van der Waals surface area contributed by atoms with Crippen LogP contribution in [0.4, 0.5) is 0 Å². The van der Waals surface area contributed by atoms with Gasteiger partial charge in [0.05, 0.1) is 26.8 Å². The summed E-state index contributed by atoms with van der Waals surface area (Å²) in [6, 6.07) is 25.6. The Kier molecular flexibility index (Phi) is 7.46. The molecule has 1 N–H and O–H groups in total. The van der Waals surface area contributed by atoms with Crippen LogP contribution in [0.3, 0.4) is 0 Å². The Hall–Kier alpha value is -3.31. The highest BCUT2D eigenvalue weighted by atomic mass is 16.5. The van der Waals surface area contributed by atoms with E-state index >= 15 is 0 Å². The van der Waals surface area contributed by atoms with Crippen molar-refractivity contribution in [2.75, 3.05) is 27.8 Å². The lowest BCUT2D eigenvalue weighted by Crippen LogP contribution is -2.37. The first-order chi connectivity index (χ1) is 14.6. The lowest BCUT2D eigenvalue weighted by Gasteiger charge is -2.23. The van der Waals surface area contributed by atoms with Gasteiger partial charge in [-0.1, -0.05) is 72.8 Å². The van der Waals surface area contributed by atoms with Crippen molar-refractivity contribution < 1.29 is 14.3 Å². The number of methoxy groups -OCH3 is 2. The van der Waals surface area contributed by atoms with Gasteiger partial charge < -0.3 is 14.8 Å². The van der Waals surface area contributed by atoms with Gasteiger partial charge in [-0.2, -0.15) is 0 Å². The number of likely N-dealkylation sites (N-methyl/N-ethyl adjacent to an activating group) is 1. The predicted molar refractivity (Wildman–Crippen MR) is 119 cm³/mol.